The number of halogens is 4. The number of hydrogen-bond donors (Lipinski definition) is 1. The molecule has 1 unspecified atom stereocenters. The lowest BCUT2D eigenvalue weighted by Gasteiger charge is -2.18. The minimum absolute atomic E-state index is 0.0477. The van der Waals surface area contributed by atoms with E-state index in [0.29, 0.717) is 11.4 Å². The Morgan fingerprint density at radius 1 is 1.00 bits per heavy atom. The van der Waals surface area contributed by atoms with Crippen molar-refractivity contribution in [2.75, 3.05) is 7.05 Å². The number of benzene rings is 2. The van der Waals surface area contributed by atoms with Crippen molar-refractivity contribution in [2.45, 2.75) is 18.6 Å². The molecule has 2 aromatic carbocycles. The molecule has 0 amide bonds. The maximum absolute atomic E-state index is 12.6. The molecule has 0 radical (unpaired) electrons. The average Bonchev–Trinajstić information content (AvgIpc) is 2.46. The fourth-order valence-corrected chi connectivity index (χ4v) is 2.27. The van der Waals surface area contributed by atoms with Gasteiger partial charge in [-0.3, -0.25) is 0 Å². The largest absolute Gasteiger partial charge is 0.416 e. The molecule has 0 saturated carbocycles. The van der Waals surface area contributed by atoms with E-state index in [1.807, 2.05) is 12.1 Å². The summed E-state index contributed by atoms with van der Waals surface area (Å²) >= 11 is 5.84. The third-order valence-corrected chi connectivity index (χ3v) is 3.59. The molecule has 0 aliphatic rings. The minimum Gasteiger partial charge on any atom is -0.313 e. The van der Waals surface area contributed by atoms with E-state index in [4.69, 9.17) is 11.6 Å². The van der Waals surface area contributed by atoms with E-state index in [2.05, 4.69) is 5.32 Å². The van der Waals surface area contributed by atoms with Crippen molar-refractivity contribution < 1.29 is 13.2 Å². The quantitative estimate of drug-likeness (QED) is 0.850. The van der Waals surface area contributed by atoms with Crippen LogP contribution in [0.15, 0.2) is 48.5 Å². The van der Waals surface area contributed by atoms with Gasteiger partial charge in [0.25, 0.3) is 0 Å². The molecule has 1 N–H and O–H groups in total. The van der Waals surface area contributed by atoms with Crippen molar-refractivity contribution >= 4 is 11.6 Å². The summed E-state index contributed by atoms with van der Waals surface area (Å²) < 4.78 is 37.7. The molecule has 0 aromatic heterocycles. The van der Waals surface area contributed by atoms with Gasteiger partial charge in [-0.05, 0) is 48.9 Å². The summed E-state index contributed by atoms with van der Waals surface area (Å²) in [5.41, 5.74) is 1.26. The average molecular weight is 314 g/mol. The molecule has 1 atom stereocenters. The molecule has 0 fully saturated rings. The summed E-state index contributed by atoms with van der Waals surface area (Å²) in [6.45, 7) is 0. The summed E-state index contributed by atoms with van der Waals surface area (Å²) in [4.78, 5) is 0. The first-order valence-corrected chi connectivity index (χ1v) is 6.87. The zero-order valence-electron chi connectivity index (χ0n) is 11.4. The highest BCUT2D eigenvalue weighted by molar-refractivity contribution is 6.30. The summed E-state index contributed by atoms with van der Waals surface area (Å²) in [5, 5.41) is 3.79. The number of nitrogens with one attached hydrogen (secondary N) is 1. The van der Waals surface area contributed by atoms with Gasteiger partial charge in [-0.1, -0.05) is 35.9 Å². The van der Waals surface area contributed by atoms with Gasteiger partial charge in [0, 0.05) is 11.1 Å². The zero-order chi connectivity index (χ0) is 15.5. The van der Waals surface area contributed by atoms with Crippen LogP contribution in [0, 0.1) is 0 Å². The van der Waals surface area contributed by atoms with Gasteiger partial charge in [0.2, 0.25) is 0 Å². The Labute approximate surface area is 126 Å². The minimum atomic E-state index is -4.30. The molecule has 2 aromatic rings. The van der Waals surface area contributed by atoms with Crippen LogP contribution in [0.5, 0.6) is 0 Å². The van der Waals surface area contributed by atoms with Crippen LogP contribution in [-0.4, -0.2) is 7.05 Å². The smallest absolute Gasteiger partial charge is 0.313 e. The van der Waals surface area contributed by atoms with Crippen molar-refractivity contribution in [1.29, 1.82) is 0 Å². The van der Waals surface area contributed by atoms with E-state index in [9.17, 15) is 13.2 Å². The molecular weight excluding hydrogens is 299 g/mol. The second-order valence-electron chi connectivity index (χ2n) is 4.79. The highest BCUT2D eigenvalue weighted by Gasteiger charge is 2.30. The maximum atomic E-state index is 12.6. The van der Waals surface area contributed by atoms with Crippen LogP contribution >= 0.6 is 11.6 Å². The third-order valence-electron chi connectivity index (χ3n) is 3.34. The normalized spacial score (nSPS) is 13.2. The van der Waals surface area contributed by atoms with Gasteiger partial charge in [-0.15, -0.1) is 0 Å². The zero-order valence-corrected chi connectivity index (χ0v) is 12.2. The van der Waals surface area contributed by atoms with Crippen molar-refractivity contribution in [1.82, 2.24) is 5.32 Å². The van der Waals surface area contributed by atoms with Crippen LogP contribution in [0.3, 0.4) is 0 Å². The summed E-state index contributed by atoms with van der Waals surface area (Å²) in [7, 11) is 1.79. The maximum Gasteiger partial charge on any atom is 0.416 e. The Hall–Kier alpha value is -1.52. The standard InChI is InChI=1S/C16H15ClF3N/c1-21-15(10-11-2-8-14(17)9-3-11)12-4-6-13(7-5-12)16(18,19)20/h2-9,15,21H,10H2,1H3. The van der Waals surface area contributed by atoms with E-state index < -0.39 is 11.7 Å². The van der Waals surface area contributed by atoms with Crippen LogP contribution in [0.1, 0.15) is 22.7 Å². The van der Waals surface area contributed by atoms with Gasteiger partial charge in [0.1, 0.15) is 0 Å². The van der Waals surface area contributed by atoms with E-state index in [-0.39, 0.29) is 6.04 Å². The van der Waals surface area contributed by atoms with Crippen LogP contribution in [-0.2, 0) is 12.6 Å². The lowest BCUT2D eigenvalue weighted by Crippen LogP contribution is -2.19. The SMILES string of the molecule is CNC(Cc1ccc(Cl)cc1)c1ccc(C(F)(F)F)cc1. The fourth-order valence-electron chi connectivity index (χ4n) is 2.15. The number of rotatable bonds is 4. The van der Waals surface area contributed by atoms with E-state index in [0.717, 1.165) is 23.3 Å². The summed E-state index contributed by atoms with van der Waals surface area (Å²) in [6.07, 6.45) is -3.62. The number of alkyl halides is 3. The third kappa shape index (κ3) is 4.22. The van der Waals surface area contributed by atoms with Gasteiger partial charge < -0.3 is 5.32 Å². The second kappa shape index (κ2) is 6.50. The van der Waals surface area contributed by atoms with Crippen LogP contribution in [0.4, 0.5) is 13.2 Å². The molecule has 0 aliphatic carbocycles. The van der Waals surface area contributed by atoms with Crippen molar-refractivity contribution in [3.63, 3.8) is 0 Å². The highest BCUT2D eigenvalue weighted by atomic mass is 35.5. The Balaban J connectivity index is 2.15. The van der Waals surface area contributed by atoms with Crippen molar-refractivity contribution in [3.05, 3.63) is 70.2 Å². The predicted octanol–water partition coefficient (Wildman–Crippen LogP) is 4.86. The molecule has 0 bridgehead atoms. The molecule has 112 valence electrons. The second-order valence-corrected chi connectivity index (χ2v) is 5.23. The molecule has 1 nitrogen and oxygen atoms in total. The first-order chi connectivity index (χ1) is 9.90. The topological polar surface area (TPSA) is 12.0 Å². The summed E-state index contributed by atoms with van der Waals surface area (Å²) in [6, 6.07) is 12.6. The van der Waals surface area contributed by atoms with Crippen LogP contribution < -0.4 is 5.32 Å². The first kappa shape index (κ1) is 15.9. The molecule has 0 spiro atoms. The van der Waals surface area contributed by atoms with Crippen molar-refractivity contribution in [3.8, 4) is 0 Å². The lowest BCUT2D eigenvalue weighted by molar-refractivity contribution is -0.137. The van der Waals surface area contributed by atoms with Gasteiger partial charge in [-0.2, -0.15) is 13.2 Å². The Kier molecular flexibility index (Phi) is 4.91. The highest BCUT2D eigenvalue weighted by Crippen LogP contribution is 2.30. The van der Waals surface area contributed by atoms with Gasteiger partial charge in [0.05, 0.1) is 5.56 Å². The summed E-state index contributed by atoms with van der Waals surface area (Å²) in [5.74, 6) is 0. The molecule has 2 rings (SSSR count). The van der Waals surface area contributed by atoms with E-state index in [1.54, 1.807) is 19.2 Å². The van der Waals surface area contributed by atoms with Crippen LogP contribution in [0.2, 0.25) is 5.02 Å². The molecule has 0 heterocycles. The predicted molar refractivity (Wildman–Crippen MR) is 78.4 cm³/mol. The Morgan fingerprint density at radius 3 is 2.05 bits per heavy atom. The van der Waals surface area contributed by atoms with Gasteiger partial charge in [-0.25, -0.2) is 0 Å². The van der Waals surface area contributed by atoms with Crippen molar-refractivity contribution in [2.24, 2.45) is 0 Å². The van der Waals surface area contributed by atoms with Crippen LogP contribution in [0.25, 0.3) is 0 Å². The molecule has 21 heavy (non-hydrogen) atoms. The number of hydrogen-bond acceptors (Lipinski definition) is 1. The fraction of sp³-hybridized carbons (Fsp3) is 0.250. The van der Waals surface area contributed by atoms with Gasteiger partial charge in [0.15, 0.2) is 0 Å². The lowest BCUT2D eigenvalue weighted by atomic mass is 9.98. The molecule has 0 aliphatic heterocycles. The van der Waals surface area contributed by atoms with E-state index in [1.165, 1.54) is 12.1 Å². The first-order valence-electron chi connectivity index (χ1n) is 6.49. The monoisotopic (exact) mass is 313 g/mol. The molecule has 0 saturated heterocycles. The molecule has 5 heteroatoms. The Morgan fingerprint density at radius 2 is 1.57 bits per heavy atom. The number of likely N-dealkylation sites (N-methyl/N-ethyl adjacent to an activating group) is 1. The van der Waals surface area contributed by atoms with E-state index >= 15 is 0 Å². The molecular formula is C16H15ClF3N. The Bertz CT molecular complexity index is 576. The van der Waals surface area contributed by atoms with Gasteiger partial charge >= 0.3 is 6.18 Å².